The molecular formula is C43H68N8O8. The average molecular weight is 825 g/mol. The van der Waals surface area contributed by atoms with E-state index in [2.05, 4.69) is 36.6 Å². The lowest BCUT2D eigenvalue weighted by Crippen LogP contribution is -2.59. The fraction of sp³-hybridized carbons (Fsp3) is 0.674. The number of H-pyrrole nitrogens is 1. The van der Waals surface area contributed by atoms with Crippen LogP contribution in [-0.4, -0.2) is 117 Å². The fourth-order valence-electron chi connectivity index (χ4n) is 7.68. The van der Waals surface area contributed by atoms with Crippen LogP contribution in [-0.2, 0) is 32.0 Å². The number of aromatic amines is 1. The number of imidazole rings is 1. The van der Waals surface area contributed by atoms with Gasteiger partial charge in [-0.15, -0.1) is 0 Å². The normalized spacial score (nSPS) is 17.9. The monoisotopic (exact) mass is 825 g/mol. The maximum Gasteiger partial charge on any atom is 0.407 e. The molecule has 2 heterocycles. The Kier molecular flexibility index (Phi) is 18.5. The molecule has 328 valence electrons. The molecule has 1 aliphatic heterocycles. The molecule has 8 N–H and O–H groups in total. The van der Waals surface area contributed by atoms with Gasteiger partial charge in [0.15, 0.2) is 0 Å². The van der Waals surface area contributed by atoms with Crippen molar-refractivity contribution in [3.8, 4) is 0 Å². The van der Waals surface area contributed by atoms with Crippen LogP contribution >= 0.6 is 0 Å². The maximum atomic E-state index is 14.3. The summed E-state index contributed by atoms with van der Waals surface area (Å²) in [6, 6.07) is 5.75. The number of amides is 6. The van der Waals surface area contributed by atoms with Crippen molar-refractivity contribution in [2.24, 2.45) is 11.8 Å². The van der Waals surface area contributed by atoms with Crippen LogP contribution in [0, 0.1) is 11.8 Å². The standard InChI is InChI=1S/C43H68N8O8/c1-28(2)20-38(54)45-26-33(52)24-37(53)34(21-29-12-8-6-9-13-29)48-40(56)36(23-32-25-44-27-46-32)49-39(55)35(22-30-14-10-7-11-15-30)50-41(57)51-18-16-31(17-19-51)47-42(58)59-43(3,4)5/h7,10-11,14-15,25,27-29,31,33-37,52-53H,6,8-9,12-13,16-24,26H2,1-5H3,(H,44,46)(H,45,54)(H,47,58)(H,48,56)(H,49,55)(H,50,57)/t33-,34+,35+,36+,37+/m1/s1. The van der Waals surface area contributed by atoms with Crippen molar-refractivity contribution in [3.63, 3.8) is 0 Å². The van der Waals surface area contributed by atoms with Crippen LogP contribution in [0.4, 0.5) is 9.59 Å². The molecule has 2 aliphatic rings. The van der Waals surface area contributed by atoms with Gasteiger partial charge >= 0.3 is 12.1 Å². The highest BCUT2D eigenvalue weighted by Gasteiger charge is 2.34. The van der Waals surface area contributed by atoms with Crippen LogP contribution in [0.1, 0.15) is 110 Å². The summed E-state index contributed by atoms with van der Waals surface area (Å²) in [6.07, 6.45) is 7.48. The molecule has 1 saturated heterocycles. The van der Waals surface area contributed by atoms with E-state index in [1.165, 1.54) is 6.33 Å². The van der Waals surface area contributed by atoms with Crippen LogP contribution < -0.4 is 26.6 Å². The lowest BCUT2D eigenvalue weighted by molar-refractivity contribution is -0.131. The van der Waals surface area contributed by atoms with E-state index in [0.717, 1.165) is 37.7 Å². The van der Waals surface area contributed by atoms with E-state index in [1.807, 2.05) is 44.2 Å². The number of hydrogen-bond donors (Lipinski definition) is 8. The van der Waals surface area contributed by atoms with E-state index < -0.39 is 59.9 Å². The van der Waals surface area contributed by atoms with Crippen LogP contribution in [0.5, 0.6) is 0 Å². The summed E-state index contributed by atoms with van der Waals surface area (Å²) in [5, 5.41) is 36.7. The van der Waals surface area contributed by atoms with E-state index >= 15 is 0 Å². The third-order valence-electron chi connectivity index (χ3n) is 10.8. The van der Waals surface area contributed by atoms with Crippen molar-refractivity contribution in [1.82, 2.24) is 41.5 Å². The lowest BCUT2D eigenvalue weighted by Gasteiger charge is -2.34. The summed E-state index contributed by atoms with van der Waals surface area (Å²) < 4.78 is 5.38. The minimum atomic E-state index is -1.13. The third kappa shape index (κ3) is 17.2. The van der Waals surface area contributed by atoms with Gasteiger partial charge in [0.05, 0.1) is 24.6 Å². The molecule has 0 unspecified atom stereocenters. The van der Waals surface area contributed by atoms with Crippen LogP contribution in [0.15, 0.2) is 42.9 Å². The Bertz CT molecular complexity index is 1600. The lowest BCUT2D eigenvalue weighted by atomic mass is 9.83. The number of urea groups is 1. The Hall–Kier alpha value is -4.70. The van der Waals surface area contributed by atoms with Crippen molar-refractivity contribution in [2.75, 3.05) is 19.6 Å². The molecule has 0 spiro atoms. The first-order valence-corrected chi connectivity index (χ1v) is 21.3. The minimum absolute atomic E-state index is 0.0271. The number of nitrogens with one attached hydrogen (secondary N) is 6. The number of likely N-dealkylation sites (tertiary alicyclic amines) is 1. The molecule has 1 aromatic heterocycles. The summed E-state index contributed by atoms with van der Waals surface area (Å²) >= 11 is 0. The van der Waals surface area contributed by atoms with E-state index in [9.17, 15) is 34.2 Å². The molecule has 2 fully saturated rings. The SMILES string of the molecule is CC(C)CC(=O)NC[C@H](O)C[C@H](O)[C@H](CC1CCCCC1)NC(=O)[C@H](Cc1cnc[nH]1)NC(=O)[C@H](Cc1ccccc1)NC(=O)N1CCC(NC(=O)OC(C)(C)C)CC1. The van der Waals surface area contributed by atoms with Gasteiger partial charge in [-0.05, 0) is 57.4 Å². The van der Waals surface area contributed by atoms with Gasteiger partial charge in [0, 0.05) is 63.3 Å². The highest BCUT2D eigenvalue weighted by Crippen LogP contribution is 2.29. The van der Waals surface area contributed by atoms with Crippen LogP contribution in [0.25, 0.3) is 0 Å². The topological polar surface area (TPSA) is 227 Å². The number of aliphatic hydroxyl groups is 2. The number of rotatable bonds is 19. The zero-order chi connectivity index (χ0) is 43.0. The van der Waals surface area contributed by atoms with Gasteiger partial charge < -0.3 is 51.4 Å². The number of alkyl carbamates (subject to hydrolysis) is 1. The second-order valence-electron chi connectivity index (χ2n) is 17.7. The molecule has 5 atom stereocenters. The van der Waals surface area contributed by atoms with E-state index in [4.69, 9.17) is 4.74 Å². The molecule has 6 amide bonds. The quantitative estimate of drug-likeness (QED) is 0.104. The molecule has 1 aromatic carbocycles. The van der Waals surface area contributed by atoms with E-state index in [0.29, 0.717) is 44.5 Å². The van der Waals surface area contributed by atoms with Gasteiger partial charge in [-0.2, -0.15) is 0 Å². The summed E-state index contributed by atoms with van der Waals surface area (Å²) in [6.45, 7) is 9.91. The van der Waals surface area contributed by atoms with Crippen molar-refractivity contribution in [3.05, 3.63) is 54.1 Å². The van der Waals surface area contributed by atoms with E-state index in [-0.39, 0.29) is 49.6 Å². The third-order valence-corrected chi connectivity index (χ3v) is 10.8. The van der Waals surface area contributed by atoms with Crippen LogP contribution in [0.3, 0.4) is 0 Å². The second-order valence-corrected chi connectivity index (χ2v) is 17.7. The maximum absolute atomic E-state index is 14.3. The molecule has 0 radical (unpaired) electrons. The number of piperidine rings is 1. The average Bonchev–Trinajstić information content (AvgIpc) is 3.69. The number of aliphatic hydroxyl groups excluding tert-OH is 2. The van der Waals surface area contributed by atoms with Crippen molar-refractivity contribution < 1.29 is 38.9 Å². The number of carbonyl (C=O) groups is 5. The highest BCUT2D eigenvalue weighted by molar-refractivity contribution is 5.92. The first-order valence-electron chi connectivity index (χ1n) is 21.3. The first-order chi connectivity index (χ1) is 28.0. The van der Waals surface area contributed by atoms with Gasteiger partial charge in [-0.25, -0.2) is 14.6 Å². The Labute approximate surface area is 348 Å². The van der Waals surface area contributed by atoms with Gasteiger partial charge in [-0.3, -0.25) is 14.4 Å². The Morgan fingerprint density at radius 2 is 1.56 bits per heavy atom. The molecule has 59 heavy (non-hydrogen) atoms. The molecule has 2 aromatic rings. The number of hydrogen-bond acceptors (Lipinski definition) is 9. The summed E-state index contributed by atoms with van der Waals surface area (Å²) in [5.41, 5.74) is 0.762. The predicted molar refractivity (Wildman–Crippen MR) is 223 cm³/mol. The number of nitrogens with zero attached hydrogens (tertiary/aromatic N) is 2. The largest absolute Gasteiger partial charge is 0.444 e. The van der Waals surface area contributed by atoms with Crippen LogP contribution in [0.2, 0.25) is 0 Å². The van der Waals surface area contributed by atoms with Gasteiger partial charge in [0.1, 0.15) is 17.7 Å². The second kappa shape index (κ2) is 23.2. The minimum Gasteiger partial charge on any atom is -0.444 e. The molecule has 4 rings (SSSR count). The fourth-order valence-corrected chi connectivity index (χ4v) is 7.68. The molecule has 1 aliphatic carbocycles. The zero-order valence-electron chi connectivity index (χ0n) is 35.5. The van der Waals surface area contributed by atoms with E-state index in [1.54, 1.807) is 31.9 Å². The zero-order valence-corrected chi connectivity index (χ0v) is 35.5. The molecule has 0 bridgehead atoms. The summed E-state index contributed by atoms with van der Waals surface area (Å²) in [5.74, 6) is -0.864. The smallest absolute Gasteiger partial charge is 0.407 e. The Balaban J connectivity index is 1.47. The van der Waals surface area contributed by atoms with Crippen molar-refractivity contribution in [2.45, 2.75) is 154 Å². The molecule has 16 heteroatoms. The number of benzene rings is 1. The van der Waals surface area contributed by atoms with Gasteiger partial charge in [0.25, 0.3) is 0 Å². The molecule has 16 nitrogen and oxygen atoms in total. The first kappa shape index (κ1) is 47.0. The highest BCUT2D eigenvalue weighted by atomic mass is 16.6. The number of carbonyl (C=O) groups excluding carboxylic acids is 5. The summed E-state index contributed by atoms with van der Waals surface area (Å²) in [7, 11) is 0. The predicted octanol–water partition coefficient (Wildman–Crippen LogP) is 3.48. The Morgan fingerprint density at radius 3 is 2.19 bits per heavy atom. The number of ether oxygens (including phenoxy) is 1. The van der Waals surface area contributed by atoms with Crippen molar-refractivity contribution in [1.29, 1.82) is 0 Å². The Morgan fingerprint density at radius 1 is 0.898 bits per heavy atom. The summed E-state index contributed by atoms with van der Waals surface area (Å²) in [4.78, 5) is 75.4. The van der Waals surface area contributed by atoms with Gasteiger partial charge in [0.2, 0.25) is 17.7 Å². The van der Waals surface area contributed by atoms with Gasteiger partial charge in [-0.1, -0.05) is 76.3 Å². The number of aromatic nitrogens is 2. The van der Waals surface area contributed by atoms with Crippen molar-refractivity contribution >= 4 is 29.8 Å². The molecule has 1 saturated carbocycles. The molecular weight excluding hydrogens is 757 g/mol.